The van der Waals surface area contributed by atoms with Gasteiger partial charge in [0.05, 0.1) is 11.5 Å². The van der Waals surface area contributed by atoms with Gasteiger partial charge in [0, 0.05) is 43.6 Å². The highest BCUT2D eigenvalue weighted by Crippen LogP contribution is 2.22. The Morgan fingerprint density at radius 3 is 2.37 bits per heavy atom. The molecule has 3 rings (SSSR count). The van der Waals surface area contributed by atoms with E-state index in [0.717, 1.165) is 17.8 Å². The highest BCUT2D eigenvalue weighted by Gasteiger charge is 2.20. The summed E-state index contributed by atoms with van der Waals surface area (Å²) in [5, 5.41) is 13.3. The lowest BCUT2D eigenvalue weighted by Gasteiger charge is -2.35. The van der Waals surface area contributed by atoms with Gasteiger partial charge >= 0.3 is 5.69 Å². The predicted molar refractivity (Wildman–Crippen MR) is 96.7 cm³/mol. The van der Waals surface area contributed by atoms with Crippen molar-refractivity contribution < 1.29 is 18.5 Å². The van der Waals surface area contributed by atoms with Crippen LogP contribution in [-0.4, -0.2) is 48.5 Å². The third kappa shape index (κ3) is 4.76. The van der Waals surface area contributed by atoms with E-state index in [4.69, 9.17) is 0 Å². The van der Waals surface area contributed by atoms with Gasteiger partial charge in [-0.2, -0.15) is 4.39 Å². The summed E-state index contributed by atoms with van der Waals surface area (Å²) in [6, 6.07) is 9.51. The minimum absolute atomic E-state index is 0.127. The van der Waals surface area contributed by atoms with Crippen LogP contribution in [0, 0.1) is 21.7 Å². The highest BCUT2D eigenvalue weighted by molar-refractivity contribution is 5.92. The SMILES string of the molecule is O=C(CN1CCN(c2ccc(F)cc2)CC1)Nc1ccc(F)c([N+](=O)[O-])c1. The summed E-state index contributed by atoms with van der Waals surface area (Å²) >= 11 is 0. The molecule has 2 aromatic rings. The summed E-state index contributed by atoms with van der Waals surface area (Å²) in [5.74, 6) is -1.56. The van der Waals surface area contributed by atoms with Crippen LogP contribution in [0.5, 0.6) is 0 Å². The van der Waals surface area contributed by atoms with Crippen molar-refractivity contribution in [3.63, 3.8) is 0 Å². The summed E-state index contributed by atoms with van der Waals surface area (Å²) in [5.41, 5.74) is 0.429. The van der Waals surface area contributed by atoms with Crippen molar-refractivity contribution in [3.8, 4) is 0 Å². The maximum Gasteiger partial charge on any atom is 0.306 e. The van der Waals surface area contributed by atoms with E-state index in [1.165, 1.54) is 18.2 Å². The largest absolute Gasteiger partial charge is 0.369 e. The van der Waals surface area contributed by atoms with E-state index in [2.05, 4.69) is 10.2 Å². The van der Waals surface area contributed by atoms with E-state index >= 15 is 0 Å². The Hall–Kier alpha value is -3.07. The zero-order valence-corrected chi connectivity index (χ0v) is 14.4. The molecule has 1 aliphatic rings. The van der Waals surface area contributed by atoms with Crippen LogP contribution in [-0.2, 0) is 4.79 Å². The molecule has 1 fully saturated rings. The number of carbonyl (C=O) groups is 1. The van der Waals surface area contributed by atoms with Gasteiger partial charge in [-0.3, -0.25) is 19.8 Å². The molecule has 142 valence electrons. The Bertz CT molecular complexity index is 837. The number of halogens is 2. The zero-order valence-electron chi connectivity index (χ0n) is 14.4. The topological polar surface area (TPSA) is 78.7 Å². The van der Waals surface area contributed by atoms with Gasteiger partial charge in [0.1, 0.15) is 5.82 Å². The van der Waals surface area contributed by atoms with Crippen LogP contribution in [0.15, 0.2) is 42.5 Å². The lowest BCUT2D eigenvalue weighted by atomic mass is 10.2. The molecule has 1 aliphatic heterocycles. The summed E-state index contributed by atoms with van der Waals surface area (Å²) in [4.78, 5) is 26.2. The van der Waals surface area contributed by atoms with Gasteiger partial charge in [-0.1, -0.05) is 0 Å². The quantitative estimate of drug-likeness (QED) is 0.641. The normalized spacial score (nSPS) is 14.8. The number of nitro groups is 1. The molecule has 0 bridgehead atoms. The molecule has 1 saturated heterocycles. The number of amides is 1. The molecule has 0 atom stereocenters. The molecule has 0 unspecified atom stereocenters. The summed E-state index contributed by atoms with van der Waals surface area (Å²) in [6.45, 7) is 2.81. The fourth-order valence-electron chi connectivity index (χ4n) is 2.95. The van der Waals surface area contributed by atoms with Gasteiger partial charge in [-0.25, -0.2) is 4.39 Å². The average molecular weight is 376 g/mol. The first-order valence-corrected chi connectivity index (χ1v) is 8.39. The maximum atomic E-state index is 13.3. The van der Waals surface area contributed by atoms with Gasteiger partial charge in [-0.05, 0) is 36.4 Å². The van der Waals surface area contributed by atoms with E-state index in [1.54, 1.807) is 12.1 Å². The maximum absolute atomic E-state index is 13.3. The monoisotopic (exact) mass is 376 g/mol. The Morgan fingerprint density at radius 1 is 1.07 bits per heavy atom. The van der Waals surface area contributed by atoms with Crippen molar-refractivity contribution in [2.24, 2.45) is 0 Å². The van der Waals surface area contributed by atoms with E-state index in [-0.39, 0.29) is 24.0 Å². The fourth-order valence-corrected chi connectivity index (χ4v) is 2.95. The van der Waals surface area contributed by atoms with E-state index in [0.29, 0.717) is 26.2 Å². The molecule has 0 radical (unpaired) electrons. The molecule has 0 aliphatic carbocycles. The van der Waals surface area contributed by atoms with Crippen molar-refractivity contribution >= 4 is 23.0 Å². The first-order chi connectivity index (χ1) is 12.9. The Kier molecular flexibility index (Phi) is 5.60. The molecule has 1 heterocycles. The smallest absolute Gasteiger partial charge is 0.306 e. The molecule has 0 saturated carbocycles. The van der Waals surface area contributed by atoms with Crippen molar-refractivity contribution in [3.05, 3.63) is 64.2 Å². The van der Waals surface area contributed by atoms with Crippen molar-refractivity contribution in [1.29, 1.82) is 0 Å². The Morgan fingerprint density at radius 2 is 1.74 bits per heavy atom. The predicted octanol–water partition coefficient (Wildman–Crippen LogP) is 2.63. The molecule has 2 aromatic carbocycles. The molecule has 0 aromatic heterocycles. The third-order valence-corrected chi connectivity index (χ3v) is 4.36. The number of nitrogens with zero attached hydrogens (tertiary/aromatic N) is 3. The second-order valence-corrected chi connectivity index (χ2v) is 6.21. The van der Waals surface area contributed by atoms with Crippen LogP contribution >= 0.6 is 0 Å². The first kappa shape index (κ1) is 18.7. The number of rotatable bonds is 5. The van der Waals surface area contributed by atoms with Gasteiger partial charge in [-0.15, -0.1) is 0 Å². The number of anilines is 2. The molecule has 27 heavy (non-hydrogen) atoms. The van der Waals surface area contributed by atoms with E-state index < -0.39 is 16.4 Å². The van der Waals surface area contributed by atoms with E-state index in [1.807, 2.05) is 4.90 Å². The van der Waals surface area contributed by atoms with Gasteiger partial charge in [0.15, 0.2) is 0 Å². The Balaban J connectivity index is 1.52. The number of hydrogen-bond donors (Lipinski definition) is 1. The number of benzene rings is 2. The number of piperazine rings is 1. The van der Waals surface area contributed by atoms with Gasteiger partial charge in [0.25, 0.3) is 0 Å². The van der Waals surface area contributed by atoms with Crippen LogP contribution in [0.1, 0.15) is 0 Å². The average Bonchev–Trinajstić information content (AvgIpc) is 2.64. The number of nitro benzene ring substituents is 1. The van der Waals surface area contributed by atoms with Crippen molar-refractivity contribution in [2.75, 3.05) is 42.9 Å². The lowest BCUT2D eigenvalue weighted by Crippen LogP contribution is -2.48. The third-order valence-electron chi connectivity index (χ3n) is 4.36. The molecular weight excluding hydrogens is 358 g/mol. The first-order valence-electron chi connectivity index (χ1n) is 8.39. The minimum Gasteiger partial charge on any atom is -0.369 e. The summed E-state index contributed by atoms with van der Waals surface area (Å²) < 4.78 is 26.3. The fraction of sp³-hybridized carbons (Fsp3) is 0.278. The second kappa shape index (κ2) is 8.09. The van der Waals surface area contributed by atoms with Crippen molar-refractivity contribution in [2.45, 2.75) is 0 Å². The van der Waals surface area contributed by atoms with Crippen LogP contribution < -0.4 is 10.2 Å². The summed E-state index contributed by atoms with van der Waals surface area (Å²) in [7, 11) is 0. The zero-order chi connectivity index (χ0) is 19.4. The van der Waals surface area contributed by atoms with Gasteiger partial charge in [0.2, 0.25) is 11.7 Å². The number of hydrogen-bond acceptors (Lipinski definition) is 5. The molecule has 9 heteroatoms. The standard InChI is InChI=1S/C18H18F2N4O3/c19-13-1-4-15(5-2-13)23-9-7-22(8-10-23)12-18(25)21-14-3-6-16(20)17(11-14)24(26)27/h1-6,11H,7-10,12H2,(H,21,25). The molecular formula is C18H18F2N4O3. The molecule has 1 amide bonds. The molecule has 7 nitrogen and oxygen atoms in total. The van der Waals surface area contributed by atoms with Gasteiger partial charge < -0.3 is 10.2 Å². The van der Waals surface area contributed by atoms with Crippen LogP contribution in [0.3, 0.4) is 0 Å². The molecule has 0 spiro atoms. The van der Waals surface area contributed by atoms with Crippen LogP contribution in [0.2, 0.25) is 0 Å². The number of carbonyl (C=O) groups excluding carboxylic acids is 1. The summed E-state index contributed by atoms with van der Waals surface area (Å²) in [6.07, 6.45) is 0. The lowest BCUT2D eigenvalue weighted by molar-refractivity contribution is -0.387. The van der Waals surface area contributed by atoms with Crippen LogP contribution in [0.25, 0.3) is 0 Å². The highest BCUT2D eigenvalue weighted by atomic mass is 19.1. The molecule has 1 N–H and O–H groups in total. The number of nitrogens with one attached hydrogen (secondary N) is 1. The second-order valence-electron chi connectivity index (χ2n) is 6.21. The van der Waals surface area contributed by atoms with E-state index in [9.17, 15) is 23.7 Å². The van der Waals surface area contributed by atoms with Crippen molar-refractivity contribution in [1.82, 2.24) is 4.90 Å². The minimum atomic E-state index is -0.949. The Labute approximate surface area is 154 Å². The van der Waals surface area contributed by atoms with Crippen LogP contribution in [0.4, 0.5) is 25.8 Å².